The van der Waals surface area contributed by atoms with Gasteiger partial charge in [-0.05, 0) is 42.9 Å². The Kier molecular flexibility index (Phi) is 8.20. The minimum atomic E-state index is -0.964. The number of nitrogens with zero attached hydrogens (tertiary/aromatic N) is 2. The van der Waals surface area contributed by atoms with Crippen molar-refractivity contribution in [3.05, 3.63) is 35.4 Å². The van der Waals surface area contributed by atoms with E-state index in [9.17, 15) is 14.4 Å². The quantitative estimate of drug-likeness (QED) is 0.559. The first-order chi connectivity index (χ1) is 13.9. The van der Waals surface area contributed by atoms with Gasteiger partial charge in [0.1, 0.15) is 12.0 Å². The Labute approximate surface area is 172 Å². The number of carbonyl (C=O) groups excluding carboxylic acids is 3. The molecule has 1 fully saturated rings. The third-order valence-electron chi connectivity index (χ3n) is 5.45. The Bertz CT molecular complexity index is 761. The Morgan fingerprint density at radius 3 is 2.31 bits per heavy atom. The maximum Gasteiger partial charge on any atom is 0.328 e. The third kappa shape index (κ3) is 6.05. The molecule has 0 saturated heterocycles. The molecule has 2 atom stereocenters. The van der Waals surface area contributed by atoms with E-state index in [-0.39, 0.29) is 18.2 Å². The van der Waals surface area contributed by atoms with Crippen LogP contribution in [0.4, 0.5) is 0 Å². The number of ether oxygens (including phenoxy) is 1. The summed E-state index contributed by atoms with van der Waals surface area (Å²) in [4.78, 5) is 39.5. The van der Waals surface area contributed by atoms with Crippen LogP contribution < -0.4 is 5.32 Å². The standard InChI is InChI=1S/C22H29N3O4/c1-25(2)21(27)18(13-15-9-11-16(14-23)12-10-15)20(26)24-19(22(28)29-3)17-7-5-4-6-8-17/h9-12,17-19H,4-8,13H2,1-3H3,(H,24,26)/t18?,19-/m0/s1. The van der Waals surface area contributed by atoms with Gasteiger partial charge in [0, 0.05) is 14.1 Å². The van der Waals surface area contributed by atoms with Crippen LogP contribution in [0.5, 0.6) is 0 Å². The summed E-state index contributed by atoms with van der Waals surface area (Å²) in [6, 6.07) is 8.09. The molecule has 7 heteroatoms. The number of methoxy groups -OCH3 is 1. The molecular formula is C22H29N3O4. The molecular weight excluding hydrogens is 370 g/mol. The average molecular weight is 399 g/mol. The van der Waals surface area contributed by atoms with E-state index in [1.165, 1.54) is 12.0 Å². The van der Waals surface area contributed by atoms with Crippen molar-refractivity contribution >= 4 is 17.8 Å². The van der Waals surface area contributed by atoms with Crippen LogP contribution >= 0.6 is 0 Å². The van der Waals surface area contributed by atoms with Crippen LogP contribution in [0.1, 0.15) is 43.2 Å². The second-order valence-electron chi connectivity index (χ2n) is 7.71. The molecule has 156 valence electrons. The van der Waals surface area contributed by atoms with Crippen molar-refractivity contribution in [1.29, 1.82) is 5.26 Å². The van der Waals surface area contributed by atoms with Crippen molar-refractivity contribution in [3.63, 3.8) is 0 Å². The van der Waals surface area contributed by atoms with E-state index in [1.807, 2.05) is 6.07 Å². The second kappa shape index (κ2) is 10.6. The number of rotatable bonds is 7. The molecule has 1 aromatic rings. The van der Waals surface area contributed by atoms with Gasteiger partial charge in [0.05, 0.1) is 18.7 Å². The fourth-order valence-corrected chi connectivity index (χ4v) is 3.77. The highest BCUT2D eigenvalue weighted by Crippen LogP contribution is 2.27. The molecule has 1 unspecified atom stereocenters. The Morgan fingerprint density at radius 1 is 1.17 bits per heavy atom. The fourth-order valence-electron chi connectivity index (χ4n) is 3.77. The molecule has 0 aliphatic heterocycles. The molecule has 0 radical (unpaired) electrons. The minimum Gasteiger partial charge on any atom is -0.467 e. The lowest BCUT2D eigenvalue weighted by molar-refractivity contribution is -0.149. The highest BCUT2D eigenvalue weighted by Gasteiger charge is 2.36. The molecule has 1 aliphatic rings. The number of esters is 1. The first-order valence-electron chi connectivity index (χ1n) is 9.95. The first kappa shape index (κ1) is 22.4. The molecule has 7 nitrogen and oxygen atoms in total. The van der Waals surface area contributed by atoms with E-state index >= 15 is 0 Å². The average Bonchev–Trinajstić information content (AvgIpc) is 2.75. The summed E-state index contributed by atoms with van der Waals surface area (Å²) in [5.41, 5.74) is 1.28. The summed E-state index contributed by atoms with van der Waals surface area (Å²) < 4.78 is 4.92. The second-order valence-corrected chi connectivity index (χ2v) is 7.71. The molecule has 29 heavy (non-hydrogen) atoms. The topological polar surface area (TPSA) is 99.5 Å². The van der Waals surface area contributed by atoms with Gasteiger partial charge in [-0.25, -0.2) is 4.79 Å². The lowest BCUT2D eigenvalue weighted by Gasteiger charge is -2.30. The molecule has 1 N–H and O–H groups in total. The number of hydrogen-bond acceptors (Lipinski definition) is 5. The maximum atomic E-state index is 13.1. The maximum absolute atomic E-state index is 13.1. The van der Waals surface area contributed by atoms with Gasteiger partial charge in [-0.15, -0.1) is 0 Å². The first-order valence-corrected chi connectivity index (χ1v) is 9.95. The normalized spacial score (nSPS) is 16.2. The Hall–Kier alpha value is -2.88. The predicted octanol–water partition coefficient (Wildman–Crippen LogP) is 2.04. The van der Waals surface area contributed by atoms with E-state index < -0.39 is 23.8 Å². The van der Waals surface area contributed by atoms with Gasteiger partial charge in [-0.2, -0.15) is 5.26 Å². The third-order valence-corrected chi connectivity index (χ3v) is 5.45. The predicted molar refractivity (Wildman–Crippen MR) is 108 cm³/mol. The van der Waals surface area contributed by atoms with Gasteiger partial charge in [0.15, 0.2) is 0 Å². The van der Waals surface area contributed by atoms with Crippen molar-refractivity contribution in [3.8, 4) is 6.07 Å². The van der Waals surface area contributed by atoms with E-state index in [2.05, 4.69) is 5.32 Å². The van der Waals surface area contributed by atoms with Crippen molar-refractivity contribution in [2.24, 2.45) is 11.8 Å². The smallest absolute Gasteiger partial charge is 0.328 e. The lowest BCUT2D eigenvalue weighted by atomic mass is 9.83. The van der Waals surface area contributed by atoms with E-state index in [1.54, 1.807) is 38.4 Å². The van der Waals surface area contributed by atoms with Gasteiger partial charge >= 0.3 is 5.97 Å². The summed E-state index contributed by atoms with van der Waals surface area (Å²) in [5.74, 6) is -2.23. The molecule has 1 aliphatic carbocycles. The summed E-state index contributed by atoms with van der Waals surface area (Å²) in [5, 5.41) is 11.7. The summed E-state index contributed by atoms with van der Waals surface area (Å²) >= 11 is 0. The van der Waals surface area contributed by atoms with Gasteiger partial charge < -0.3 is 15.0 Å². The van der Waals surface area contributed by atoms with E-state index in [0.29, 0.717) is 5.56 Å². The number of benzene rings is 1. The Morgan fingerprint density at radius 2 is 1.79 bits per heavy atom. The molecule has 1 aromatic carbocycles. The molecule has 0 bridgehead atoms. The number of hydrogen-bond donors (Lipinski definition) is 1. The number of nitrogens with one attached hydrogen (secondary N) is 1. The molecule has 0 aromatic heterocycles. The molecule has 0 spiro atoms. The summed E-state index contributed by atoms with van der Waals surface area (Å²) in [6.07, 6.45) is 5.04. The van der Waals surface area contributed by atoms with E-state index in [0.717, 1.165) is 37.7 Å². The zero-order valence-corrected chi connectivity index (χ0v) is 17.3. The fraction of sp³-hybridized carbons (Fsp3) is 0.545. The van der Waals surface area contributed by atoms with Crippen molar-refractivity contribution in [1.82, 2.24) is 10.2 Å². The van der Waals surface area contributed by atoms with Gasteiger partial charge in [-0.1, -0.05) is 31.4 Å². The van der Waals surface area contributed by atoms with Crippen LogP contribution in [0.25, 0.3) is 0 Å². The summed E-state index contributed by atoms with van der Waals surface area (Å²) in [7, 11) is 4.50. The minimum absolute atomic E-state index is 0.0187. The zero-order chi connectivity index (χ0) is 21.4. The highest BCUT2D eigenvalue weighted by atomic mass is 16.5. The largest absolute Gasteiger partial charge is 0.467 e. The van der Waals surface area contributed by atoms with Crippen LogP contribution in [-0.2, 0) is 25.5 Å². The number of nitriles is 1. The number of carbonyl (C=O) groups is 3. The van der Waals surface area contributed by atoms with Gasteiger partial charge in [0.2, 0.25) is 11.8 Å². The molecule has 2 amide bonds. The Balaban J connectivity index is 2.20. The summed E-state index contributed by atoms with van der Waals surface area (Å²) in [6.45, 7) is 0. The van der Waals surface area contributed by atoms with Crippen molar-refractivity contribution in [2.45, 2.75) is 44.6 Å². The molecule has 1 saturated carbocycles. The van der Waals surface area contributed by atoms with E-state index in [4.69, 9.17) is 10.00 Å². The van der Waals surface area contributed by atoms with Crippen LogP contribution in [0.2, 0.25) is 0 Å². The van der Waals surface area contributed by atoms with Crippen LogP contribution in [0, 0.1) is 23.2 Å². The lowest BCUT2D eigenvalue weighted by Crippen LogP contribution is -2.51. The monoisotopic (exact) mass is 399 g/mol. The zero-order valence-electron chi connectivity index (χ0n) is 17.3. The van der Waals surface area contributed by atoms with Gasteiger partial charge in [-0.3, -0.25) is 9.59 Å². The highest BCUT2D eigenvalue weighted by molar-refractivity contribution is 6.01. The van der Waals surface area contributed by atoms with Gasteiger partial charge in [0.25, 0.3) is 0 Å². The van der Waals surface area contributed by atoms with Crippen LogP contribution in [-0.4, -0.2) is 49.9 Å². The van der Waals surface area contributed by atoms with Crippen LogP contribution in [0.3, 0.4) is 0 Å². The van der Waals surface area contributed by atoms with Crippen molar-refractivity contribution < 1.29 is 19.1 Å². The number of amides is 2. The SMILES string of the molecule is COC(=O)[C@@H](NC(=O)C(Cc1ccc(C#N)cc1)C(=O)N(C)C)C1CCCCC1. The van der Waals surface area contributed by atoms with Crippen LogP contribution in [0.15, 0.2) is 24.3 Å². The molecule has 2 rings (SSSR count). The van der Waals surface area contributed by atoms with Crippen molar-refractivity contribution in [2.75, 3.05) is 21.2 Å². The molecule has 0 heterocycles.